The minimum Gasteiger partial charge on any atom is -0.355 e. The number of nitrogens with one attached hydrogen (secondary N) is 1. The first kappa shape index (κ1) is 21.2. The van der Waals surface area contributed by atoms with Gasteiger partial charge in [0.1, 0.15) is 17.3 Å². The predicted molar refractivity (Wildman–Crippen MR) is 119 cm³/mol. The summed E-state index contributed by atoms with van der Waals surface area (Å²) in [7, 11) is 0. The van der Waals surface area contributed by atoms with Crippen LogP contribution in [-0.4, -0.2) is 40.0 Å². The molecule has 0 saturated carbocycles. The second-order valence-corrected chi connectivity index (χ2v) is 7.88. The highest BCUT2D eigenvalue weighted by molar-refractivity contribution is 6.33. The van der Waals surface area contributed by atoms with Gasteiger partial charge in [0.2, 0.25) is 5.91 Å². The van der Waals surface area contributed by atoms with E-state index >= 15 is 0 Å². The van der Waals surface area contributed by atoms with E-state index in [1.54, 1.807) is 36.8 Å². The molecule has 3 aromatic rings. The van der Waals surface area contributed by atoms with Crippen LogP contribution < -0.4 is 10.2 Å². The van der Waals surface area contributed by atoms with E-state index in [1.807, 2.05) is 6.92 Å². The number of rotatable bonds is 5. The molecule has 160 valence electrons. The highest BCUT2D eigenvalue weighted by atomic mass is 35.5. The molecule has 0 bridgehead atoms. The highest BCUT2D eigenvalue weighted by Crippen LogP contribution is 2.34. The highest BCUT2D eigenvalue weighted by Gasteiger charge is 2.23. The van der Waals surface area contributed by atoms with E-state index in [0.717, 1.165) is 42.9 Å². The van der Waals surface area contributed by atoms with Crippen molar-refractivity contribution < 1.29 is 9.18 Å². The van der Waals surface area contributed by atoms with Crippen molar-refractivity contribution >= 4 is 23.3 Å². The predicted octanol–water partition coefficient (Wildman–Crippen LogP) is 4.49. The number of aromatic nitrogens is 3. The van der Waals surface area contributed by atoms with Crippen LogP contribution in [0.1, 0.15) is 26.2 Å². The first-order valence-electron chi connectivity index (χ1n) is 10.3. The van der Waals surface area contributed by atoms with Crippen molar-refractivity contribution in [2.45, 2.75) is 32.2 Å². The van der Waals surface area contributed by atoms with Crippen LogP contribution in [0.4, 0.5) is 10.2 Å². The van der Waals surface area contributed by atoms with Gasteiger partial charge in [-0.15, -0.1) is 0 Å². The van der Waals surface area contributed by atoms with Gasteiger partial charge >= 0.3 is 0 Å². The molecule has 8 heteroatoms. The van der Waals surface area contributed by atoms with Crippen molar-refractivity contribution in [3.05, 3.63) is 59.8 Å². The van der Waals surface area contributed by atoms with Gasteiger partial charge in [-0.2, -0.15) is 0 Å². The van der Waals surface area contributed by atoms with Crippen molar-refractivity contribution in [1.82, 2.24) is 20.3 Å². The fourth-order valence-electron chi connectivity index (χ4n) is 3.69. The molecule has 0 unspecified atom stereocenters. The van der Waals surface area contributed by atoms with Gasteiger partial charge in [-0.3, -0.25) is 14.8 Å². The molecule has 1 aliphatic heterocycles. The van der Waals surface area contributed by atoms with Crippen LogP contribution in [0.3, 0.4) is 0 Å². The summed E-state index contributed by atoms with van der Waals surface area (Å²) in [5.74, 6) is 0.514. The maximum absolute atomic E-state index is 13.4. The van der Waals surface area contributed by atoms with Gasteiger partial charge in [-0.25, -0.2) is 9.37 Å². The number of hydrogen-bond acceptors (Lipinski definition) is 5. The third-order valence-corrected chi connectivity index (χ3v) is 5.71. The number of piperidine rings is 1. The Kier molecular flexibility index (Phi) is 6.42. The lowest BCUT2D eigenvalue weighted by Crippen LogP contribution is -2.44. The van der Waals surface area contributed by atoms with Crippen LogP contribution in [0.25, 0.3) is 22.5 Å². The summed E-state index contributed by atoms with van der Waals surface area (Å²) in [5.41, 5.74) is 2.72. The maximum Gasteiger partial charge on any atom is 0.219 e. The lowest BCUT2D eigenvalue weighted by Gasteiger charge is -2.33. The van der Waals surface area contributed by atoms with Gasteiger partial charge in [-0.1, -0.05) is 18.5 Å². The molecule has 1 N–H and O–H groups in total. The Bertz CT molecular complexity index is 1070. The number of carbonyl (C=O) groups is 1. The third kappa shape index (κ3) is 4.82. The molecule has 0 spiro atoms. The van der Waals surface area contributed by atoms with Gasteiger partial charge in [0, 0.05) is 49.1 Å². The number of carbonyl (C=O) groups excluding carboxylic acids is 1. The van der Waals surface area contributed by atoms with Gasteiger partial charge < -0.3 is 10.2 Å². The van der Waals surface area contributed by atoms with Gasteiger partial charge in [-0.05, 0) is 43.2 Å². The summed E-state index contributed by atoms with van der Waals surface area (Å²) in [4.78, 5) is 27.5. The van der Waals surface area contributed by atoms with E-state index in [9.17, 15) is 9.18 Å². The number of nitrogens with zero attached hydrogens (tertiary/aromatic N) is 4. The second-order valence-electron chi connectivity index (χ2n) is 7.47. The van der Waals surface area contributed by atoms with Crippen LogP contribution in [0.2, 0.25) is 5.02 Å². The molecule has 0 aliphatic carbocycles. The molecule has 31 heavy (non-hydrogen) atoms. The standard InChI is InChI=1S/C23H23ClFN5O/c1-2-21(31)28-17-8-11-30(12-9-17)20-14-27-22(15-3-5-16(25)6-4-15)23(29-20)18-7-10-26-13-19(18)24/h3-7,10,13-14,17H,2,8-9,11-12H2,1H3,(H,28,31). The zero-order chi connectivity index (χ0) is 21.8. The minimum absolute atomic E-state index is 0.0801. The summed E-state index contributed by atoms with van der Waals surface area (Å²) >= 11 is 6.42. The van der Waals surface area contributed by atoms with Crippen molar-refractivity contribution in [1.29, 1.82) is 0 Å². The number of amides is 1. The Balaban J connectivity index is 1.65. The monoisotopic (exact) mass is 439 g/mol. The Morgan fingerprint density at radius 1 is 1.16 bits per heavy atom. The van der Waals surface area contributed by atoms with Gasteiger partial charge in [0.15, 0.2) is 0 Å². The van der Waals surface area contributed by atoms with Crippen LogP contribution in [0, 0.1) is 5.82 Å². The second kappa shape index (κ2) is 9.39. The molecular formula is C23H23ClFN5O. The summed E-state index contributed by atoms with van der Waals surface area (Å²) in [6.07, 6.45) is 7.15. The molecule has 1 aliphatic rings. The molecule has 6 nitrogen and oxygen atoms in total. The fraction of sp³-hybridized carbons (Fsp3) is 0.304. The van der Waals surface area contributed by atoms with E-state index in [4.69, 9.17) is 16.6 Å². The molecule has 1 aromatic carbocycles. The largest absolute Gasteiger partial charge is 0.355 e. The van der Waals surface area contributed by atoms with Crippen LogP contribution in [0.15, 0.2) is 48.9 Å². The molecule has 4 rings (SSSR count). The van der Waals surface area contributed by atoms with Crippen molar-refractivity contribution in [2.24, 2.45) is 0 Å². The molecule has 0 atom stereocenters. The fourth-order valence-corrected chi connectivity index (χ4v) is 3.90. The SMILES string of the molecule is CCC(=O)NC1CCN(c2cnc(-c3ccc(F)cc3)c(-c3ccncc3Cl)n2)CC1. The molecule has 2 aromatic heterocycles. The molecule has 1 fully saturated rings. The summed E-state index contributed by atoms with van der Waals surface area (Å²) in [6, 6.07) is 8.15. The van der Waals surface area contributed by atoms with Crippen molar-refractivity contribution in [2.75, 3.05) is 18.0 Å². The zero-order valence-electron chi connectivity index (χ0n) is 17.2. The number of anilines is 1. The van der Waals surface area contributed by atoms with Crippen LogP contribution in [0.5, 0.6) is 0 Å². The number of hydrogen-bond donors (Lipinski definition) is 1. The van der Waals surface area contributed by atoms with Gasteiger partial charge in [0.05, 0.1) is 16.9 Å². The first-order valence-corrected chi connectivity index (χ1v) is 10.7. The Hall–Kier alpha value is -3.06. The van der Waals surface area contributed by atoms with Crippen LogP contribution in [-0.2, 0) is 4.79 Å². The average Bonchev–Trinajstić information content (AvgIpc) is 2.80. The topological polar surface area (TPSA) is 71.0 Å². The van der Waals surface area contributed by atoms with E-state index in [1.165, 1.54) is 12.1 Å². The molecule has 0 radical (unpaired) electrons. The first-order chi connectivity index (χ1) is 15.0. The van der Waals surface area contributed by atoms with E-state index < -0.39 is 0 Å². The lowest BCUT2D eigenvalue weighted by molar-refractivity contribution is -0.121. The Morgan fingerprint density at radius 2 is 1.90 bits per heavy atom. The summed E-state index contributed by atoms with van der Waals surface area (Å²) in [6.45, 7) is 3.39. The van der Waals surface area contributed by atoms with E-state index in [2.05, 4.69) is 20.2 Å². The molecule has 1 saturated heterocycles. The van der Waals surface area contributed by atoms with E-state index in [0.29, 0.717) is 22.8 Å². The molecular weight excluding hydrogens is 417 g/mol. The third-order valence-electron chi connectivity index (χ3n) is 5.41. The molecule has 3 heterocycles. The molecule has 1 amide bonds. The smallest absolute Gasteiger partial charge is 0.219 e. The van der Waals surface area contributed by atoms with E-state index in [-0.39, 0.29) is 17.8 Å². The van der Waals surface area contributed by atoms with Crippen molar-refractivity contribution in [3.63, 3.8) is 0 Å². The number of halogens is 2. The average molecular weight is 440 g/mol. The number of benzene rings is 1. The Morgan fingerprint density at radius 3 is 2.58 bits per heavy atom. The minimum atomic E-state index is -0.310. The quantitative estimate of drug-likeness (QED) is 0.634. The summed E-state index contributed by atoms with van der Waals surface area (Å²) in [5, 5.41) is 3.53. The maximum atomic E-state index is 13.4. The van der Waals surface area contributed by atoms with Crippen LogP contribution >= 0.6 is 11.6 Å². The summed E-state index contributed by atoms with van der Waals surface area (Å²) < 4.78 is 13.4. The normalized spacial score (nSPS) is 14.5. The Labute approximate surface area is 185 Å². The number of pyridine rings is 1. The van der Waals surface area contributed by atoms with Gasteiger partial charge in [0.25, 0.3) is 0 Å². The zero-order valence-corrected chi connectivity index (χ0v) is 17.9. The lowest BCUT2D eigenvalue weighted by atomic mass is 10.0. The van der Waals surface area contributed by atoms with Crippen molar-refractivity contribution in [3.8, 4) is 22.5 Å².